The van der Waals surface area contributed by atoms with Gasteiger partial charge >= 0.3 is 0 Å². The van der Waals surface area contributed by atoms with Gasteiger partial charge in [0, 0.05) is 18.8 Å². The molecule has 0 fully saturated rings. The number of carbonyl (C=O) groups is 1. The van der Waals surface area contributed by atoms with E-state index >= 15 is 0 Å². The minimum absolute atomic E-state index is 0.0583. The molecular weight excluding hydrogens is 264 g/mol. The number of nitrogens with one attached hydrogen (secondary N) is 1. The Kier molecular flexibility index (Phi) is 5.50. The van der Waals surface area contributed by atoms with Crippen LogP contribution in [0.4, 0.5) is 0 Å². The second kappa shape index (κ2) is 6.68. The van der Waals surface area contributed by atoms with Gasteiger partial charge in [-0.05, 0) is 18.1 Å². The Morgan fingerprint density at radius 2 is 1.89 bits per heavy atom. The van der Waals surface area contributed by atoms with Crippen molar-refractivity contribution in [3.05, 3.63) is 35.4 Å². The van der Waals surface area contributed by atoms with E-state index in [1.54, 1.807) is 6.92 Å². The van der Waals surface area contributed by atoms with E-state index in [1.807, 2.05) is 24.3 Å². The molecule has 0 aliphatic rings. The number of rotatable bonds is 6. The summed E-state index contributed by atoms with van der Waals surface area (Å²) in [6, 6.07) is 7.05. The highest BCUT2D eigenvalue weighted by Crippen LogP contribution is 2.08. The molecule has 0 saturated carbocycles. The molecule has 0 spiro atoms. The zero-order valence-corrected chi connectivity index (χ0v) is 12.0. The SMILES string of the molecule is CC(CS(C)(=O)=O)NC(=O)Cc1ccccc1CN. The molecule has 0 aromatic heterocycles. The topological polar surface area (TPSA) is 89.3 Å². The average Bonchev–Trinajstić information content (AvgIpc) is 2.26. The average molecular weight is 284 g/mol. The van der Waals surface area contributed by atoms with Crippen molar-refractivity contribution in [1.82, 2.24) is 5.32 Å². The molecule has 1 rings (SSSR count). The summed E-state index contributed by atoms with van der Waals surface area (Å²) in [5, 5.41) is 2.68. The first-order valence-electron chi connectivity index (χ1n) is 6.05. The maximum atomic E-state index is 11.8. The van der Waals surface area contributed by atoms with Gasteiger partial charge in [0.05, 0.1) is 12.2 Å². The molecule has 1 atom stereocenters. The Balaban J connectivity index is 2.60. The number of hydrogen-bond donors (Lipinski definition) is 2. The van der Waals surface area contributed by atoms with Crippen LogP contribution >= 0.6 is 0 Å². The number of sulfone groups is 1. The highest BCUT2D eigenvalue weighted by Gasteiger charge is 2.14. The molecule has 0 radical (unpaired) electrons. The maximum absolute atomic E-state index is 11.8. The van der Waals surface area contributed by atoms with Crippen molar-refractivity contribution in [2.75, 3.05) is 12.0 Å². The highest BCUT2D eigenvalue weighted by atomic mass is 32.2. The van der Waals surface area contributed by atoms with E-state index in [0.717, 1.165) is 17.4 Å². The van der Waals surface area contributed by atoms with Crippen molar-refractivity contribution in [1.29, 1.82) is 0 Å². The summed E-state index contributed by atoms with van der Waals surface area (Å²) in [6.45, 7) is 2.05. The molecule has 106 valence electrons. The van der Waals surface area contributed by atoms with Gasteiger partial charge in [0.2, 0.25) is 5.91 Å². The smallest absolute Gasteiger partial charge is 0.224 e. The van der Waals surface area contributed by atoms with Gasteiger partial charge in [-0.15, -0.1) is 0 Å². The van der Waals surface area contributed by atoms with Gasteiger partial charge < -0.3 is 11.1 Å². The molecule has 1 amide bonds. The minimum atomic E-state index is -3.09. The van der Waals surface area contributed by atoms with E-state index in [9.17, 15) is 13.2 Å². The van der Waals surface area contributed by atoms with Gasteiger partial charge in [-0.25, -0.2) is 8.42 Å². The Bertz CT molecular complexity index is 541. The van der Waals surface area contributed by atoms with Crippen LogP contribution in [0.5, 0.6) is 0 Å². The van der Waals surface area contributed by atoms with Gasteiger partial charge in [0.25, 0.3) is 0 Å². The number of benzene rings is 1. The molecule has 6 heteroatoms. The summed E-state index contributed by atoms with van der Waals surface area (Å²) >= 11 is 0. The number of hydrogen-bond acceptors (Lipinski definition) is 4. The van der Waals surface area contributed by atoms with E-state index in [1.165, 1.54) is 0 Å². The van der Waals surface area contributed by atoms with Crippen molar-refractivity contribution in [3.63, 3.8) is 0 Å². The standard InChI is InChI=1S/C13H20N2O3S/c1-10(9-19(2,17)18)15-13(16)7-11-5-3-4-6-12(11)8-14/h3-6,10H,7-9,14H2,1-2H3,(H,15,16). The highest BCUT2D eigenvalue weighted by molar-refractivity contribution is 7.90. The Morgan fingerprint density at radius 1 is 1.32 bits per heavy atom. The molecule has 1 aromatic rings. The molecule has 1 aromatic carbocycles. The number of amides is 1. The summed E-state index contributed by atoms with van der Waals surface area (Å²) < 4.78 is 22.2. The molecule has 3 N–H and O–H groups in total. The molecule has 0 aliphatic heterocycles. The Labute approximate surface area is 114 Å². The second-order valence-corrected chi connectivity index (χ2v) is 6.90. The minimum Gasteiger partial charge on any atom is -0.352 e. The molecule has 1 unspecified atom stereocenters. The first-order valence-corrected chi connectivity index (χ1v) is 8.12. The quantitative estimate of drug-likeness (QED) is 0.783. The molecule has 5 nitrogen and oxygen atoms in total. The van der Waals surface area contributed by atoms with Crippen molar-refractivity contribution in [2.45, 2.75) is 25.9 Å². The van der Waals surface area contributed by atoms with Gasteiger partial charge in [-0.2, -0.15) is 0 Å². The third-order valence-electron chi connectivity index (χ3n) is 2.65. The van der Waals surface area contributed by atoms with E-state index in [2.05, 4.69) is 5.32 Å². The number of nitrogens with two attached hydrogens (primary N) is 1. The predicted molar refractivity (Wildman–Crippen MR) is 75.4 cm³/mol. The van der Waals surface area contributed by atoms with Crippen molar-refractivity contribution in [2.24, 2.45) is 5.73 Å². The van der Waals surface area contributed by atoms with Crippen LogP contribution in [0.2, 0.25) is 0 Å². The van der Waals surface area contributed by atoms with Crippen LogP contribution in [-0.4, -0.2) is 32.4 Å². The van der Waals surface area contributed by atoms with Crippen LogP contribution in [0.1, 0.15) is 18.1 Å². The van der Waals surface area contributed by atoms with E-state index in [0.29, 0.717) is 6.54 Å². The summed E-state index contributed by atoms with van der Waals surface area (Å²) in [6.07, 6.45) is 1.36. The Hall–Kier alpha value is -1.40. The third kappa shape index (κ3) is 5.85. The van der Waals surface area contributed by atoms with Crippen molar-refractivity contribution < 1.29 is 13.2 Å². The maximum Gasteiger partial charge on any atom is 0.224 e. The monoisotopic (exact) mass is 284 g/mol. The van der Waals surface area contributed by atoms with Crippen LogP contribution in [0.3, 0.4) is 0 Å². The fraction of sp³-hybridized carbons (Fsp3) is 0.462. The summed E-state index contributed by atoms with van der Waals surface area (Å²) in [4.78, 5) is 11.8. The molecule has 0 heterocycles. The van der Waals surface area contributed by atoms with Crippen LogP contribution in [0.15, 0.2) is 24.3 Å². The predicted octanol–water partition coefficient (Wildman–Crippen LogP) is 0.237. The zero-order chi connectivity index (χ0) is 14.5. The summed E-state index contributed by atoms with van der Waals surface area (Å²) in [5.74, 6) is -0.255. The lowest BCUT2D eigenvalue weighted by Gasteiger charge is -2.13. The fourth-order valence-corrected chi connectivity index (χ4v) is 2.92. The molecule has 0 saturated heterocycles. The largest absolute Gasteiger partial charge is 0.352 e. The lowest BCUT2D eigenvalue weighted by atomic mass is 10.0. The summed E-state index contributed by atoms with van der Waals surface area (Å²) in [7, 11) is -3.09. The lowest BCUT2D eigenvalue weighted by molar-refractivity contribution is -0.120. The molecular formula is C13H20N2O3S. The fourth-order valence-electron chi connectivity index (χ4n) is 1.92. The zero-order valence-electron chi connectivity index (χ0n) is 11.2. The van der Waals surface area contributed by atoms with Crippen LogP contribution in [0.25, 0.3) is 0 Å². The second-order valence-electron chi connectivity index (χ2n) is 4.71. The van der Waals surface area contributed by atoms with Gasteiger partial charge in [-0.3, -0.25) is 4.79 Å². The van der Waals surface area contributed by atoms with Crippen molar-refractivity contribution >= 4 is 15.7 Å². The number of carbonyl (C=O) groups excluding carboxylic acids is 1. The van der Waals surface area contributed by atoms with Gasteiger partial charge in [0.15, 0.2) is 0 Å². The van der Waals surface area contributed by atoms with Crippen LogP contribution in [-0.2, 0) is 27.6 Å². The summed E-state index contributed by atoms with van der Waals surface area (Å²) in [5.41, 5.74) is 7.39. The van der Waals surface area contributed by atoms with Crippen LogP contribution < -0.4 is 11.1 Å². The first kappa shape index (κ1) is 15.7. The van der Waals surface area contributed by atoms with E-state index < -0.39 is 15.9 Å². The van der Waals surface area contributed by atoms with Gasteiger partial charge in [-0.1, -0.05) is 24.3 Å². The lowest BCUT2D eigenvalue weighted by Crippen LogP contribution is -2.38. The van der Waals surface area contributed by atoms with Crippen molar-refractivity contribution in [3.8, 4) is 0 Å². The van der Waals surface area contributed by atoms with E-state index in [4.69, 9.17) is 5.73 Å². The molecule has 0 bridgehead atoms. The van der Waals surface area contributed by atoms with Gasteiger partial charge in [0.1, 0.15) is 9.84 Å². The first-order chi connectivity index (χ1) is 8.81. The normalized spacial score (nSPS) is 13.0. The third-order valence-corrected chi connectivity index (χ3v) is 3.75. The van der Waals surface area contributed by atoms with E-state index in [-0.39, 0.29) is 18.1 Å². The molecule has 0 aliphatic carbocycles. The Morgan fingerprint density at radius 3 is 2.42 bits per heavy atom. The van der Waals surface area contributed by atoms with Crippen LogP contribution in [0, 0.1) is 0 Å². The molecule has 19 heavy (non-hydrogen) atoms.